The lowest BCUT2D eigenvalue weighted by atomic mass is 9.66. The molecule has 0 saturated heterocycles. The summed E-state index contributed by atoms with van der Waals surface area (Å²) in [6.07, 6.45) is 0. The summed E-state index contributed by atoms with van der Waals surface area (Å²) in [5.41, 5.74) is 13.1. The lowest BCUT2D eigenvalue weighted by Gasteiger charge is -2.40. The standard InChI is InChI=1S/C55H36N2OS2/c1-4-17-37(18-5-1)56(41-32-34-52-53(36-41)60-51-30-15-14-29-50(51)59-52)40-31-33-49-46(35-40)55(44-25-12-13-28-48(44)58-49)43-24-11-10-23-42(43)54-45(55)26-16-27-47(54)57(38-19-6-2-7-20-38)39-21-8-3-9-22-39/h1-36H. The molecule has 60 heavy (non-hydrogen) atoms. The highest BCUT2D eigenvalue weighted by atomic mass is 32.2. The molecule has 3 nitrogen and oxygen atoms in total. The highest BCUT2D eigenvalue weighted by Gasteiger charge is 2.52. The van der Waals surface area contributed by atoms with Gasteiger partial charge in [0.25, 0.3) is 0 Å². The summed E-state index contributed by atoms with van der Waals surface area (Å²) in [5, 5.41) is 0. The molecule has 0 saturated carbocycles. The number of anilines is 6. The minimum absolute atomic E-state index is 0.671. The van der Waals surface area contributed by atoms with E-state index in [0.29, 0.717) is 0 Å². The van der Waals surface area contributed by atoms with Gasteiger partial charge < -0.3 is 14.5 Å². The molecule has 2 aliphatic heterocycles. The maximum Gasteiger partial charge on any atom is 0.132 e. The van der Waals surface area contributed by atoms with Crippen molar-refractivity contribution in [2.75, 3.05) is 9.80 Å². The summed E-state index contributed by atoms with van der Waals surface area (Å²) in [6.45, 7) is 0. The molecule has 1 aliphatic carbocycles. The second kappa shape index (κ2) is 14.1. The second-order valence-corrected chi connectivity index (χ2v) is 17.4. The first-order valence-electron chi connectivity index (χ1n) is 20.3. The zero-order valence-electron chi connectivity index (χ0n) is 32.4. The van der Waals surface area contributed by atoms with Crippen molar-refractivity contribution in [2.24, 2.45) is 0 Å². The number of para-hydroxylation sites is 4. The summed E-state index contributed by atoms with van der Waals surface area (Å²) >= 11 is 3.70. The van der Waals surface area contributed by atoms with Crippen LogP contribution < -0.4 is 14.5 Å². The Hall–Kier alpha value is -6.92. The Morgan fingerprint density at radius 2 is 0.850 bits per heavy atom. The van der Waals surface area contributed by atoms with Crippen molar-refractivity contribution in [1.29, 1.82) is 0 Å². The van der Waals surface area contributed by atoms with Crippen molar-refractivity contribution >= 4 is 57.6 Å². The third-order valence-electron chi connectivity index (χ3n) is 11.9. The van der Waals surface area contributed by atoms with E-state index in [1.165, 1.54) is 41.8 Å². The lowest BCUT2D eigenvalue weighted by Crippen LogP contribution is -2.32. The molecule has 0 bridgehead atoms. The van der Waals surface area contributed by atoms with Gasteiger partial charge in [0.15, 0.2) is 0 Å². The Labute approximate surface area is 358 Å². The van der Waals surface area contributed by atoms with Crippen LogP contribution >= 0.6 is 23.5 Å². The molecule has 5 heteroatoms. The van der Waals surface area contributed by atoms with Gasteiger partial charge in [-0.15, -0.1) is 0 Å². The van der Waals surface area contributed by atoms with Crippen molar-refractivity contribution in [3.63, 3.8) is 0 Å². The summed E-state index contributed by atoms with van der Waals surface area (Å²) in [6, 6.07) is 79.0. The molecule has 1 atom stereocenters. The fourth-order valence-corrected chi connectivity index (χ4v) is 11.8. The Morgan fingerprint density at radius 3 is 1.57 bits per heavy atom. The van der Waals surface area contributed by atoms with Gasteiger partial charge >= 0.3 is 0 Å². The molecule has 2 heterocycles. The highest BCUT2D eigenvalue weighted by molar-refractivity contribution is 8.05. The first-order valence-corrected chi connectivity index (χ1v) is 21.9. The van der Waals surface area contributed by atoms with E-state index in [0.717, 1.165) is 56.8 Å². The van der Waals surface area contributed by atoms with E-state index >= 15 is 0 Å². The largest absolute Gasteiger partial charge is 0.457 e. The molecule has 1 unspecified atom stereocenters. The number of hydrogen-bond acceptors (Lipinski definition) is 5. The van der Waals surface area contributed by atoms with Gasteiger partial charge in [0, 0.05) is 64.7 Å². The zero-order chi connectivity index (χ0) is 39.6. The smallest absolute Gasteiger partial charge is 0.132 e. The maximum absolute atomic E-state index is 6.93. The lowest BCUT2D eigenvalue weighted by molar-refractivity contribution is 0.436. The van der Waals surface area contributed by atoms with Gasteiger partial charge in [0.2, 0.25) is 0 Å². The first-order chi connectivity index (χ1) is 29.8. The van der Waals surface area contributed by atoms with Gasteiger partial charge in [-0.1, -0.05) is 145 Å². The van der Waals surface area contributed by atoms with Crippen molar-refractivity contribution in [3.05, 3.63) is 241 Å². The van der Waals surface area contributed by atoms with Gasteiger partial charge in [0.1, 0.15) is 11.5 Å². The number of ether oxygens (including phenoxy) is 1. The maximum atomic E-state index is 6.93. The fourth-order valence-electron chi connectivity index (χ4n) is 9.50. The monoisotopic (exact) mass is 804 g/mol. The van der Waals surface area contributed by atoms with Crippen molar-refractivity contribution in [3.8, 4) is 22.6 Å². The molecule has 3 aliphatic rings. The average molecular weight is 805 g/mol. The summed E-state index contributed by atoms with van der Waals surface area (Å²) in [7, 11) is 0. The minimum atomic E-state index is -0.671. The molecular weight excluding hydrogens is 769 g/mol. The molecule has 9 aromatic carbocycles. The topological polar surface area (TPSA) is 15.7 Å². The van der Waals surface area contributed by atoms with Gasteiger partial charge in [-0.2, -0.15) is 0 Å². The molecule has 0 fully saturated rings. The first kappa shape index (κ1) is 35.1. The summed E-state index contributed by atoms with van der Waals surface area (Å²) in [5.74, 6) is 1.73. The SMILES string of the molecule is c1ccc(N(c2ccc3c(c2)Sc2ccccc2S3)c2ccc3c(c2)C2(c4ccccc4O3)c3ccccc3-c3c(N(c4ccccc4)c4ccccc4)cccc32)cc1. The van der Waals surface area contributed by atoms with Crippen LogP contribution in [0.5, 0.6) is 11.5 Å². The van der Waals surface area contributed by atoms with Gasteiger partial charge in [-0.3, -0.25) is 0 Å². The molecule has 12 rings (SSSR count). The van der Waals surface area contributed by atoms with Crippen LogP contribution in [0.3, 0.4) is 0 Å². The van der Waals surface area contributed by atoms with E-state index in [4.69, 9.17) is 4.74 Å². The Balaban J connectivity index is 1.10. The van der Waals surface area contributed by atoms with Crippen LogP contribution in [-0.4, -0.2) is 0 Å². The van der Waals surface area contributed by atoms with Crippen molar-refractivity contribution < 1.29 is 4.74 Å². The van der Waals surface area contributed by atoms with Crippen LogP contribution in [0.15, 0.2) is 238 Å². The van der Waals surface area contributed by atoms with Gasteiger partial charge in [-0.25, -0.2) is 0 Å². The van der Waals surface area contributed by atoms with E-state index in [1.807, 2.05) is 23.5 Å². The van der Waals surface area contributed by atoms with E-state index in [2.05, 4.69) is 228 Å². The molecule has 0 aromatic heterocycles. The normalized spacial score (nSPS) is 15.1. The Bertz CT molecular complexity index is 3060. The van der Waals surface area contributed by atoms with Crippen LogP contribution in [0.2, 0.25) is 0 Å². The van der Waals surface area contributed by atoms with E-state index < -0.39 is 5.41 Å². The fraction of sp³-hybridized carbons (Fsp3) is 0.0182. The van der Waals surface area contributed by atoms with Crippen molar-refractivity contribution in [2.45, 2.75) is 25.0 Å². The van der Waals surface area contributed by atoms with Crippen LogP contribution in [-0.2, 0) is 5.41 Å². The van der Waals surface area contributed by atoms with E-state index in [9.17, 15) is 0 Å². The summed E-state index contributed by atoms with van der Waals surface area (Å²) < 4.78 is 6.93. The number of rotatable bonds is 6. The highest BCUT2D eigenvalue weighted by Crippen LogP contribution is 2.64. The Kier molecular flexibility index (Phi) is 8.25. The third kappa shape index (κ3) is 5.40. The van der Waals surface area contributed by atoms with E-state index in [1.54, 1.807) is 0 Å². The van der Waals surface area contributed by atoms with Crippen molar-refractivity contribution in [1.82, 2.24) is 0 Å². The second-order valence-electron chi connectivity index (χ2n) is 15.2. The van der Waals surface area contributed by atoms with Crippen LogP contribution in [0.4, 0.5) is 34.1 Å². The zero-order valence-corrected chi connectivity index (χ0v) is 34.0. The molecule has 1 spiro atoms. The number of hydrogen-bond donors (Lipinski definition) is 0. The molecule has 0 amide bonds. The molecule has 0 N–H and O–H groups in total. The van der Waals surface area contributed by atoms with Gasteiger partial charge in [-0.05, 0) is 114 Å². The minimum Gasteiger partial charge on any atom is -0.457 e. The van der Waals surface area contributed by atoms with Crippen LogP contribution in [0.25, 0.3) is 11.1 Å². The predicted molar refractivity (Wildman–Crippen MR) is 248 cm³/mol. The van der Waals surface area contributed by atoms with E-state index in [-0.39, 0.29) is 0 Å². The average Bonchev–Trinajstić information content (AvgIpc) is 3.61. The Morgan fingerprint density at radius 1 is 0.333 bits per heavy atom. The number of nitrogens with zero attached hydrogens (tertiary/aromatic N) is 2. The third-order valence-corrected chi connectivity index (χ3v) is 14.5. The molecule has 284 valence electrons. The van der Waals surface area contributed by atoms with Gasteiger partial charge in [0.05, 0.1) is 11.1 Å². The van der Waals surface area contributed by atoms with Crippen LogP contribution in [0.1, 0.15) is 22.3 Å². The quantitative estimate of drug-likeness (QED) is 0.166. The molecular formula is C55H36N2OS2. The van der Waals surface area contributed by atoms with Crippen LogP contribution in [0, 0.1) is 0 Å². The predicted octanol–water partition coefficient (Wildman–Crippen LogP) is 15.7. The summed E-state index contributed by atoms with van der Waals surface area (Å²) in [4.78, 5) is 9.93. The molecule has 0 radical (unpaired) electrons. The molecule has 9 aromatic rings. The number of benzene rings is 9. The number of fused-ring (bicyclic) bond motifs is 11.